The molecule has 0 heterocycles. The molecule has 1 aromatic rings. The van der Waals surface area contributed by atoms with Crippen LogP contribution in [-0.2, 0) is 4.79 Å². The average molecular weight is 298 g/mol. The number of carboxylic acids is 4. The molecule has 8 heteroatoms. The Balaban J connectivity index is 0.000000567. The Labute approximate surface area is 119 Å². The van der Waals surface area contributed by atoms with Gasteiger partial charge in [-0.15, -0.1) is 0 Å². The molecule has 0 radical (unpaired) electrons. The minimum absolute atomic E-state index is 0.292. The van der Waals surface area contributed by atoms with E-state index in [1.165, 1.54) is 6.07 Å². The fraction of sp³-hybridized carbons (Fsp3) is 0.231. The third-order valence-electron chi connectivity index (χ3n) is 2.20. The van der Waals surface area contributed by atoms with Crippen molar-refractivity contribution in [3.05, 3.63) is 34.9 Å². The van der Waals surface area contributed by atoms with Gasteiger partial charge in [-0.3, -0.25) is 4.79 Å². The molecule has 0 saturated carbocycles. The molecule has 0 fully saturated rings. The van der Waals surface area contributed by atoms with Crippen molar-refractivity contribution in [2.45, 2.75) is 19.8 Å². The average Bonchev–Trinajstić information content (AvgIpc) is 2.37. The summed E-state index contributed by atoms with van der Waals surface area (Å²) in [5.41, 5.74) is -1.79. The van der Waals surface area contributed by atoms with Crippen LogP contribution in [0, 0.1) is 0 Å². The van der Waals surface area contributed by atoms with E-state index < -0.39 is 40.6 Å². The second-order valence-corrected chi connectivity index (χ2v) is 3.79. The van der Waals surface area contributed by atoms with Gasteiger partial charge in [-0.2, -0.15) is 0 Å². The zero-order valence-electron chi connectivity index (χ0n) is 11.1. The quantitative estimate of drug-likeness (QED) is 0.641. The molecule has 0 bridgehead atoms. The summed E-state index contributed by atoms with van der Waals surface area (Å²) >= 11 is 0. The maximum absolute atomic E-state index is 10.7. The van der Waals surface area contributed by atoms with Crippen LogP contribution in [0.3, 0.4) is 0 Å². The van der Waals surface area contributed by atoms with E-state index >= 15 is 0 Å². The van der Waals surface area contributed by atoms with Gasteiger partial charge in [0.1, 0.15) is 0 Å². The zero-order chi connectivity index (χ0) is 16.6. The van der Waals surface area contributed by atoms with Crippen molar-refractivity contribution in [1.82, 2.24) is 0 Å². The minimum atomic E-state index is -1.58. The molecule has 0 aliphatic rings. The fourth-order valence-electron chi connectivity index (χ4n) is 1.35. The molecule has 8 nitrogen and oxygen atoms in total. The maximum atomic E-state index is 10.7. The number of rotatable bonds is 5. The van der Waals surface area contributed by atoms with Crippen LogP contribution in [0.4, 0.5) is 0 Å². The Morgan fingerprint density at radius 1 is 0.857 bits per heavy atom. The van der Waals surface area contributed by atoms with Crippen LogP contribution in [-0.4, -0.2) is 44.3 Å². The molecule has 114 valence electrons. The first-order valence-corrected chi connectivity index (χ1v) is 5.77. The Morgan fingerprint density at radius 2 is 1.29 bits per heavy atom. The standard InChI is InChI=1S/C9H6O6.C4H8O2/c10-7(11)4-2-1-3-5(8(12)13)6(4)9(14)15;1-2-3-4(5)6/h1-3H,(H,10,11)(H,12,13)(H,14,15);2-3H2,1H3,(H,5,6). The molecule has 0 aliphatic carbocycles. The Bertz CT molecular complexity index is 529. The first-order chi connectivity index (χ1) is 9.72. The first kappa shape index (κ1) is 18.1. The van der Waals surface area contributed by atoms with Crippen LogP contribution in [0.1, 0.15) is 50.8 Å². The lowest BCUT2D eigenvalue weighted by Crippen LogP contribution is -2.14. The number of carboxylic acid groups (broad SMARTS) is 4. The summed E-state index contributed by atoms with van der Waals surface area (Å²) < 4.78 is 0. The smallest absolute Gasteiger partial charge is 0.337 e. The van der Waals surface area contributed by atoms with Crippen molar-refractivity contribution in [2.75, 3.05) is 0 Å². The van der Waals surface area contributed by atoms with Gasteiger partial charge in [0.05, 0.1) is 16.7 Å². The number of aliphatic carboxylic acids is 1. The normalized spacial score (nSPS) is 9.19. The van der Waals surface area contributed by atoms with E-state index in [0.29, 0.717) is 6.42 Å². The molecular weight excluding hydrogens is 284 g/mol. The van der Waals surface area contributed by atoms with Crippen LogP contribution < -0.4 is 0 Å². The molecule has 0 spiro atoms. The molecule has 0 unspecified atom stereocenters. The van der Waals surface area contributed by atoms with Gasteiger partial charge in [0, 0.05) is 6.42 Å². The van der Waals surface area contributed by atoms with Crippen molar-refractivity contribution in [1.29, 1.82) is 0 Å². The summed E-state index contributed by atoms with van der Waals surface area (Å²) in [6.45, 7) is 1.84. The van der Waals surface area contributed by atoms with Crippen LogP contribution in [0.15, 0.2) is 18.2 Å². The lowest BCUT2D eigenvalue weighted by atomic mass is 10.0. The number of hydrogen-bond donors (Lipinski definition) is 4. The van der Waals surface area contributed by atoms with Crippen molar-refractivity contribution in [3.63, 3.8) is 0 Å². The monoisotopic (exact) mass is 298 g/mol. The summed E-state index contributed by atoms with van der Waals surface area (Å²) in [6.07, 6.45) is 1.02. The molecule has 4 N–H and O–H groups in total. The van der Waals surface area contributed by atoms with Crippen molar-refractivity contribution in [2.24, 2.45) is 0 Å². The molecule has 0 aliphatic heterocycles. The Kier molecular flexibility index (Phi) is 7.16. The molecule has 1 rings (SSSR count). The fourth-order valence-corrected chi connectivity index (χ4v) is 1.35. The van der Waals surface area contributed by atoms with Gasteiger partial charge in [-0.25, -0.2) is 14.4 Å². The van der Waals surface area contributed by atoms with Gasteiger partial charge in [0.25, 0.3) is 0 Å². The van der Waals surface area contributed by atoms with Crippen LogP contribution >= 0.6 is 0 Å². The zero-order valence-corrected chi connectivity index (χ0v) is 11.1. The first-order valence-electron chi connectivity index (χ1n) is 5.77. The van der Waals surface area contributed by atoms with Crippen molar-refractivity contribution < 1.29 is 39.6 Å². The number of carbonyl (C=O) groups is 4. The second kappa shape index (κ2) is 8.31. The molecule has 0 aromatic heterocycles. The highest BCUT2D eigenvalue weighted by Gasteiger charge is 2.22. The highest BCUT2D eigenvalue weighted by molar-refractivity contribution is 6.08. The number of hydrogen-bond acceptors (Lipinski definition) is 4. The third-order valence-corrected chi connectivity index (χ3v) is 2.20. The number of aromatic carboxylic acids is 3. The summed E-state index contributed by atoms with van der Waals surface area (Å²) in [5, 5.41) is 34.0. The Morgan fingerprint density at radius 3 is 1.48 bits per heavy atom. The van der Waals surface area contributed by atoms with Crippen LogP contribution in [0.5, 0.6) is 0 Å². The molecule has 21 heavy (non-hydrogen) atoms. The molecule has 0 saturated heterocycles. The van der Waals surface area contributed by atoms with Crippen molar-refractivity contribution in [3.8, 4) is 0 Å². The predicted octanol–water partition coefficient (Wildman–Crippen LogP) is 1.65. The topological polar surface area (TPSA) is 149 Å². The van der Waals surface area contributed by atoms with E-state index in [1.807, 2.05) is 6.92 Å². The van der Waals surface area contributed by atoms with Gasteiger partial charge >= 0.3 is 23.9 Å². The molecule has 1 aromatic carbocycles. The largest absolute Gasteiger partial charge is 0.481 e. The maximum Gasteiger partial charge on any atom is 0.337 e. The van der Waals surface area contributed by atoms with Gasteiger partial charge in [0.15, 0.2) is 0 Å². The lowest BCUT2D eigenvalue weighted by Gasteiger charge is -2.04. The van der Waals surface area contributed by atoms with Crippen molar-refractivity contribution >= 4 is 23.9 Å². The van der Waals surface area contributed by atoms with E-state index in [2.05, 4.69) is 0 Å². The van der Waals surface area contributed by atoms with Gasteiger partial charge in [-0.1, -0.05) is 13.0 Å². The van der Waals surface area contributed by atoms with Gasteiger partial charge < -0.3 is 20.4 Å². The van der Waals surface area contributed by atoms with E-state index in [-0.39, 0.29) is 0 Å². The highest BCUT2D eigenvalue weighted by Crippen LogP contribution is 2.15. The van der Waals surface area contributed by atoms with Gasteiger partial charge in [-0.05, 0) is 18.6 Å². The lowest BCUT2D eigenvalue weighted by molar-refractivity contribution is -0.137. The van der Waals surface area contributed by atoms with Crippen LogP contribution in [0.25, 0.3) is 0 Å². The second-order valence-electron chi connectivity index (χ2n) is 3.79. The van der Waals surface area contributed by atoms with E-state index in [4.69, 9.17) is 20.4 Å². The highest BCUT2D eigenvalue weighted by atomic mass is 16.4. The molecule has 0 atom stereocenters. The summed E-state index contributed by atoms with van der Waals surface area (Å²) in [5.74, 6) is -5.24. The SMILES string of the molecule is CCCC(=O)O.O=C(O)c1cccc(C(=O)O)c1C(=O)O. The Hall–Kier alpha value is -2.90. The summed E-state index contributed by atoms with van der Waals surface area (Å²) in [6, 6.07) is 3.26. The van der Waals surface area contributed by atoms with E-state index in [0.717, 1.165) is 18.6 Å². The van der Waals surface area contributed by atoms with Gasteiger partial charge in [0.2, 0.25) is 0 Å². The predicted molar refractivity (Wildman–Crippen MR) is 69.9 cm³/mol. The minimum Gasteiger partial charge on any atom is -0.481 e. The molecule has 0 amide bonds. The summed E-state index contributed by atoms with van der Waals surface area (Å²) in [7, 11) is 0. The molecular formula is C13H14O8. The summed E-state index contributed by atoms with van der Waals surface area (Å²) in [4.78, 5) is 41.6. The van der Waals surface area contributed by atoms with Crippen LogP contribution in [0.2, 0.25) is 0 Å². The van der Waals surface area contributed by atoms with E-state index in [9.17, 15) is 19.2 Å². The van der Waals surface area contributed by atoms with E-state index in [1.54, 1.807) is 0 Å². The number of benzene rings is 1. The third kappa shape index (κ3) is 5.72.